The number of aliphatic carboxylic acids is 1. The van der Waals surface area contributed by atoms with Crippen LogP contribution in [0.3, 0.4) is 0 Å². The van der Waals surface area contributed by atoms with Gasteiger partial charge >= 0.3 is 5.97 Å². The van der Waals surface area contributed by atoms with E-state index >= 15 is 0 Å². The standard InChI is InChI=1S/C13H10F2N2O3S/c1-6-2-3-8(14)10(11(6)15)12(20)17-13-16-7(5-21-13)4-9(18)19/h2-3,5H,4H2,1H3,(H,18,19)(H,16,17,20). The molecule has 1 amide bonds. The second kappa shape index (κ2) is 5.96. The van der Waals surface area contributed by atoms with Gasteiger partial charge in [0.1, 0.15) is 17.2 Å². The third kappa shape index (κ3) is 3.40. The summed E-state index contributed by atoms with van der Waals surface area (Å²) in [6.07, 6.45) is -0.292. The summed E-state index contributed by atoms with van der Waals surface area (Å²) >= 11 is 0.979. The Labute approximate surface area is 122 Å². The summed E-state index contributed by atoms with van der Waals surface area (Å²) in [5.74, 6) is -3.94. The summed E-state index contributed by atoms with van der Waals surface area (Å²) in [4.78, 5) is 26.3. The van der Waals surface area contributed by atoms with Gasteiger partial charge < -0.3 is 5.11 Å². The van der Waals surface area contributed by atoms with Gasteiger partial charge in [0.2, 0.25) is 0 Å². The maximum absolute atomic E-state index is 13.8. The number of nitrogens with zero attached hydrogens (tertiary/aromatic N) is 1. The van der Waals surface area contributed by atoms with Crippen LogP contribution in [0.1, 0.15) is 21.6 Å². The molecule has 1 heterocycles. The van der Waals surface area contributed by atoms with Crippen LogP contribution in [-0.4, -0.2) is 22.0 Å². The van der Waals surface area contributed by atoms with Crippen molar-refractivity contribution in [2.75, 3.05) is 5.32 Å². The predicted octanol–water partition coefficient (Wildman–Crippen LogP) is 2.61. The van der Waals surface area contributed by atoms with Crippen molar-refractivity contribution in [3.8, 4) is 0 Å². The first-order valence-corrected chi connectivity index (χ1v) is 6.68. The Bertz CT molecular complexity index is 715. The average Bonchev–Trinajstić information content (AvgIpc) is 2.80. The Balaban J connectivity index is 2.21. The number of carbonyl (C=O) groups is 2. The maximum atomic E-state index is 13.8. The molecule has 0 radical (unpaired) electrons. The minimum atomic E-state index is -1.06. The van der Waals surface area contributed by atoms with Crippen molar-refractivity contribution in [3.63, 3.8) is 0 Å². The van der Waals surface area contributed by atoms with Crippen LogP contribution in [0.15, 0.2) is 17.5 Å². The number of aromatic nitrogens is 1. The van der Waals surface area contributed by atoms with Crippen molar-refractivity contribution in [1.29, 1.82) is 0 Å². The Kier molecular flexibility index (Phi) is 4.27. The van der Waals surface area contributed by atoms with Gasteiger partial charge in [-0.25, -0.2) is 13.8 Å². The molecule has 21 heavy (non-hydrogen) atoms. The third-order valence-electron chi connectivity index (χ3n) is 2.62. The van der Waals surface area contributed by atoms with E-state index in [1.807, 2.05) is 0 Å². The van der Waals surface area contributed by atoms with Crippen molar-refractivity contribution in [3.05, 3.63) is 46.0 Å². The molecule has 110 valence electrons. The quantitative estimate of drug-likeness (QED) is 0.909. The Hall–Kier alpha value is -2.35. The molecule has 8 heteroatoms. The number of carboxylic acid groups (broad SMARTS) is 1. The van der Waals surface area contributed by atoms with E-state index < -0.39 is 29.1 Å². The first kappa shape index (κ1) is 15.0. The lowest BCUT2D eigenvalue weighted by Crippen LogP contribution is -2.16. The molecular formula is C13H10F2N2O3S. The number of carboxylic acids is 1. The Morgan fingerprint density at radius 3 is 2.76 bits per heavy atom. The zero-order valence-electron chi connectivity index (χ0n) is 10.8. The monoisotopic (exact) mass is 312 g/mol. The van der Waals surface area contributed by atoms with E-state index in [0.717, 1.165) is 17.4 Å². The van der Waals surface area contributed by atoms with Gasteiger partial charge in [0.15, 0.2) is 5.13 Å². The lowest BCUT2D eigenvalue weighted by Gasteiger charge is -2.06. The number of rotatable bonds is 4. The van der Waals surface area contributed by atoms with Crippen LogP contribution in [0.25, 0.3) is 0 Å². The van der Waals surface area contributed by atoms with Crippen molar-refractivity contribution < 1.29 is 23.5 Å². The van der Waals surface area contributed by atoms with Gasteiger partial charge in [-0.3, -0.25) is 14.9 Å². The van der Waals surface area contributed by atoms with Crippen molar-refractivity contribution in [2.24, 2.45) is 0 Å². The number of hydrogen-bond donors (Lipinski definition) is 2. The van der Waals surface area contributed by atoms with Crippen LogP contribution < -0.4 is 5.32 Å². The van der Waals surface area contributed by atoms with Gasteiger partial charge in [-0.15, -0.1) is 11.3 Å². The minimum Gasteiger partial charge on any atom is -0.481 e. The molecule has 0 saturated carbocycles. The second-order valence-electron chi connectivity index (χ2n) is 4.22. The number of amides is 1. The number of benzene rings is 1. The number of nitrogens with one attached hydrogen (secondary N) is 1. The zero-order valence-corrected chi connectivity index (χ0v) is 11.6. The van der Waals surface area contributed by atoms with Crippen LogP contribution in [0.2, 0.25) is 0 Å². The first-order chi connectivity index (χ1) is 9.88. The molecule has 0 unspecified atom stereocenters. The summed E-state index contributed by atoms with van der Waals surface area (Å²) in [5.41, 5.74) is -0.287. The molecule has 0 aliphatic heterocycles. The Morgan fingerprint density at radius 2 is 2.10 bits per heavy atom. The highest BCUT2D eigenvalue weighted by Gasteiger charge is 2.20. The van der Waals surface area contributed by atoms with E-state index in [4.69, 9.17) is 5.11 Å². The molecule has 0 bridgehead atoms. The molecule has 0 atom stereocenters. The number of carbonyl (C=O) groups excluding carboxylic acids is 1. The molecule has 0 fully saturated rings. The van der Waals surface area contributed by atoms with Crippen LogP contribution in [0.5, 0.6) is 0 Å². The third-order valence-corrected chi connectivity index (χ3v) is 3.42. The SMILES string of the molecule is Cc1ccc(F)c(C(=O)Nc2nc(CC(=O)O)cs2)c1F. The number of thiazole rings is 1. The van der Waals surface area contributed by atoms with Crippen molar-refractivity contribution >= 4 is 28.3 Å². The highest BCUT2D eigenvalue weighted by atomic mass is 32.1. The van der Waals surface area contributed by atoms with Gasteiger partial charge in [-0.1, -0.05) is 6.07 Å². The first-order valence-electron chi connectivity index (χ1n) is 5.80. The van der Waals surface area contributed by atoms with E-state index in [1.54, 1.807) is 0 Å². The number of halogens is 2. The fraction of sp³-hybridized carbons (Fsp3) is 0.154. The molecule has 2 aromatic rings. The molecule has 5 nitrogen and oxygen atoms in total. The number of hydrogen-bond acceptors (Lipinski definition) is 4. The van der Waals surface area contributed by atoms with Gasteiger partial charge in [-0.05, 0) is 18.6 Å². The van der Waals surface area contributed by atoms with Crippen molar-refractivity contribution in [1.82, 2.24) is 4.98 Å². The summed E-state index contributed by atoms with van der Waals surface area (Å²) in [6, 6.07) is 2.24. The van der Waals surface area contributed by atoms with Gasteiger partial charge in [0, 0.05) is 5.38 Å². The van der Waals surface area contributed by atoms with Gasteiger partial charge in [-0.2, -0.15) is 0 Å². The maximum Gasteiger partial charge on any atom is 0.309 e. The molecule has 0 aliphatic carbocycles. The van der Waals surface area contributed by atoms with E-state index in [1.165, 1.54) is 18.4 Å². The molecule has 2 N–H and O–H groups in total. The van der Waals surface area contributed by atoms with Crippen LogP contribution in [0, 0.1) is 18.6 Å². The predicted molar refractivity (Wildman–Crippen MR) is 72.5 cm³/mol. The molecule has 0 saturated heterocycles. The highest BCUT2D eigenvalue weighted by Crippen LogP contribution is 2.20. The van der Waals surface area contributed by atoms with E-state index in [-0.39, 0.29) is 22.8 Å². The van der Waals surface area contributed by atoms with E-state index in [0.29, 0.717) is 0 Å². The number of aryl methyl sites for hydroxylation is 1. The van der Waals surface area contributed by atoms with Gasteiger partial charge in [0.05, 0.1) is 12.1 Å². The van der Waals surface area contributed by atoms with Crippen LogP contribution >= 0.6 is 11.3 Å². The van der Waals surface area contributed by atoms with Crippen LogP contribution in [0.4, 0.5) is 13.9 Å². The normalized spacial score (nSPS) is 10.4. The number of anilines is 1. The molecule has 1 aromatic carbocycles. The molecule has 0 aliphatic rings. The average molecular weight is 312 g/mol. The molecule has 0 spiro atoms. The summed E-state index contributed by atoms with van der Waals surface area (Å²) in [7, 11) is 0. The smallest absolute Gasteiger partial charge is 0.309 e. The summed E-state index contributed by atoms with van der Waals surface area (Å²) in [6.45, 7) is 1.42. The highest BCUT2D eigenvalue weighted by molar-refractivity contribution is 7.14. The molecule has 1 aromatic heterocycles. The van der Waals surface area contributed by atoms with E-state index in [9.17, 15) is 18.4 Å². The van der Waals surface area contributed by atoms with Gasteiger partial charge in [0.25, 0.3) is 5.91 Å². The van der Waals surface area contributed by atoms with Crippen LogP contribution in [-0.2, 0) is 11.2 Å². The fourth-order valence-electron chi connectivity index (χ4n) is 1.62. The minimum absolute atomic E-state index is 0.0801. The van der Waals surface area contributed by atoms with E-state index in [2.05, 4.69) is 10.3 Å². The molecule has 2 rings (SSSR count). The topological polar surface area (TPSA) is 79.3 Å². The summed E-state index contributed by atoms with van der Waals surface area (Å²) in [5, 5.41) is 12.4. The fourth-order valence-corrected chi connectivity index (χ4v) is 2.33. The largest absolute Gasteiger partial charge is 0.481 e. The lowest BCUT2D eigenvalue weighted by molar-refractivity contribution is -0.136. The zero-order chi connectivity index (χ0) is 15.6. The van der Waals surface area contributed by atoms with Crippen molar-refractivity contribution in [2.45, 2.75) is 13.3 Å². The lowest BCUT2D eigenvalue weighted by atomic mass is 10.1. The Morgan fingerprint density at radius 1 is 1.38 bits per heavy atom. The molecular weight excluding hydrogens is 302 g/mol. The second-order valence-corrected chi connectivity index (χ2v) is 5.08. The summed E-state index contributed by atoms with van der Waals surface area (Å²) < 4.78 is 27.4.